The lowest BCUT2D eigenvalue weighted by Crippen LogP contribution is -2.31. The molecule has 0 aliphatic carbocycles. The number of carbonyl (C=O) groups is 2. The molecule has 6 nitrogen and oxygen atoms in total. The van der Waals surface area contributed by atoms with Gasteiger partial charge in [-0.05, 0) is 32.9 Å². The van der Waals surface area contributed by atoms with Crippen LogP contribution in [0, 0.1) is 6.92 Å². The summed E-state index contributed by atoms with van der Waals surface area (Å²) < 4.78 is 1.67. The van der Waals surface area contributed by atoms with Crippen molar-refractivity contribution >= 4 is 22.9 Å². The number of imidazole rings is 1. The molecule has 0 aliphatic heterocycles. The predicted octanol–water partition coefficient (Wildman–Crippen LogP) is 1.74. The number of amides is 1. The maximum absolute atomic E-state index is 12.0. The van der Waals surface area contributed by atoms with E-state index in [-0.39, 0.29) is 11.5 Å². The first-order chi connectivity index (χ1) is 9.47. The molecule has 0 bridgehead atoms. The first-order valence-electron chi connectivity index (χ1n) is 6.46. The zero-order chi connectivity index (χ0) is 14.9. The number of carboxylic acid groups (broad SMARTS) is 1. The highest BCUT2D eigenvalue weighted by Gasteiger charge is 2.22. The lowest BCUT2D eigenvalue weighted by molar-refractivity contribution is -0.123. The number of nitrogens with one attached hydrogen (secondary N) is 1. The van der Waals surface area contributed by atoms with E-state index in [1.54, 1.807) is 30.5 Å². The monoisotopic (exact) mass is 275 g/mol. The number of rotatable bonds is 4. The van der Waals surface area contributed by atoms with Crippen LogP contribution in [0.1, 0.15) is 36.1 Å². The van der Waals surface area contributed by atoms with Crippen LogP contribution in [0.25, 0.3) is 11.0 Å². The summed E-state index contributed by atoms with van der Waals surface area (Å²) in [5.41, 5.74) is 1.22. The number of fused-ring (bicyclic) bond motifs is 1. The van der Waals surface area contributed by atoms with Gasteiger partial charge in [-0.3, -0.25) is 4.79 Å². The van der Waals surface area contributed by atoms with Crippen molar-refractivity contribution in [2.45, 2.75) is 26.8 Å². The maximum Gasteiger partial charge on any atom is 0.337 e. The van der Waals surface area contributed by atoms with E-state index in [0.29, 0.717) is 23.4 Å². The summed E-state index contributed by atoms with van der Waals surface area (Å²) in [5, 5.41) is 12.0. The molecule has 1 heterocycles. The van der Waals surface area contributed by atoms with Gasteiger partial charge in [0.2, 0.25) is 5.91 Å². The van der Waals surface area contributed by atoms with Gasteiger partial charge in [-0.15, -0.1) is 0 Å². The quantitative estimate of drug-likeness (QED) is 0.890. The van der Waals surface area contributed by atoms with Crippen molar-refractivity contribution in [2.24, 2.45) is 0 Å². The minimum atomic E-state index is -1.03. The van der Waals surface area contributed by atoms with Crippen LogP contribution in [0.15, 0.2) is 18.2 Å². The first kappa shape index (κ1) is 14.0. The Hall–Kier alpha value is -2.37. The Morgan fingerprint density at radius 3 is 2.75 bits per heavy atom. The smallest absolute Gasteiger partial charge is 0.337 e. The molecule has 2 N–H and O–H groups in total. The fourth-order valence-electron chi connectivity index (χ4n) is 2.35. The number of likely N-dealkylation sites (N-methyl/N-ethyl adjacent to an activating group) is 1. The van der Waals surface area contributed by atoms with Crippen molar-refractivity contribution in [3.8, 4) is 0 Å². The van der Waals surface area contributed by atoms with Crippen LogP contribution in [0.3, 0.4) is 0 Å². The van der Waals surface area contributed by atoms with Crippen LogP contribution in [0.2, 0.25) is 0 Å². The fraction of sp³-hybridized carbons (Fsp3) is 0.357. The zero-order valence-corrected chi connectivity index (χ0v) is 11.7. The molecule has 1 atom stereocenters. The van der Waals surface area contributed by atoms with Gasteiger partial charge in [0.05, 0.1) is 16.6 Å². The minimum Gasteiger partial charge on any atom is -0.478 e. The Labute approximate surface area is 116 Å². The van der Waals surface area contributed by atoms with Crippen molar-refractivity contribution in [3.63, 3.8) is 0 Å². The molecule has 0 spiro atoms. The third-order valence-electron chi connectivity index (χ3n) is 3.23. The molecule has 0 saturated heterocycles. The second-order valence-corrected chi connectivity index (χ2v) is 4.58. The molecule has 0 fully saturated rings. The topological polar surface area (TPSA) is 84.2 Å². The van der Waals surface area contributed by atoms with E-state index in [4.69, 9.17) is 0 Å². The van der Waals surface area contributed by atoms with Crippen molar-refractivity contribution in [2.75, 3.05) is 6.54 Å². The molecule has 20 heavy (non-hydrogen) atoms. The number of carbonyl (C=O) groups excluding carboxylic acids is 1. The fourth-order valence-corrected chi connectivity index (χ4v) is 2.35. The highest BCUT2D eigenvalue weighted by atomic mass is 16.4. The molecule has 0 aliphatic rings. The Morgan fingerprint density at radius 2 is 2.15 bits per heavy atom. The summed E-state index contributed by atoms with van der Waals surface area (Å²) in [6.07, 6.45) is 0. The van der Waals surface area contributed by atoms with E-state index in [0.717, 1.165) is 0 Å². The van der Waals surface area contributed by atoms with Crippen LogP contribution >= 0.6 is 0 Å². The molecular formula is C14H17N3O3. The van der Waals surface area contributed by atoms with Gasteiger partial charge in [0.25, 0.3) is 0 Å². The second-order valence-electron chi connectivity index (χ2n) is 4.58. The zero-order valence-electron chi connectivity index (χ0n) is 11.7. The summed E-state index contributed by atoms with van der Waals surface area (Å²) in [6.45, 7) is 5.87. The maximum atomic E-state index is 12.0. The van der Waals surface area contributed by atoms with Crippen molar-refractivity contribution < 1.29 is 14.7 Å². The standard InChI is InChI=1S/C14H17N3O3/c1-4-15-13(18)8(2)17-9(3)16-11-7-5-6-10(12(11)17)14(19)20/h5-8H,4H2,1-3H3,(H,15,18)(H,19,20). The van der Waals surface area contributed by atoms with E-state index in [1.165, 1.54) is 6.07 Å². The lowest BCUT2D eigenvalue weighted by atomic mass is 10.1. The molecule has 1 aromatic heterocycles. The molecule has 2 aromatic rings. The van der Waals surface area contributed by atoms with E-state index >= 15 is 0 Å². The number of hydrogen-bond donors (Lipinski definition) is 2. The molecular weight excluding hydrogens is 258 g/mol. The van der Waals surface area contributed by atoms with E-state index in [1.807, 2.05) is 6.92 Å². The van der Waals surface area contributed by atoms with Gasteiger partial charge in [0, 0.05) is 6.54 Å². The second kappa shape index (κ2) is 5.32. The van der Waals surface area contributed by atoms with E-state index < -0.39 is 12.0 Å². The summed E-state index contributed by atoms with van der Waals surface area (Å²) in [7, 11) is 0. The molecule has 6 heteroatoms. The predicted molar refractivity (Wildman–Crippen MR) is 74.8 cm³/mol. The van der Waals surface area contributed by atoms with Gasteiger partial charge in [0.1, 0.15) is 11.9 Å². The minimum absolute atomic E-state index is 0.152. The van der Waals surface area contributed by atoms with Crippen LogP contribution in [0.4, 0.5) is 0 Å². The Kier molecular flexibility index (Phi) is 3.74. The number of carboxylic acids is 1. The van der Waals surface area contributed by atoms with Gasteiger partial charge in [-0.2, -0.15) is 0 Å². The number of aryl methyl sites for hydroxylation is 1. The number of para-hydroxylation sites is 1. The van der Waals surface area contributed by atoms with Gasteiger partial charge < -0.3 is 15.0 Å². The van der Waals surface area contributed by atoms with Crippen molar-refractivity contribution in [1.29, 1.82) is 0 Å². The highest BCUT2D eigenvalue weighted by Crippen LogP contribution is 2.24. The molecule has 106 valence electrons. The first-order valence-corrected chi connectivity index (χ1v) is 6.46. The highest BCUT2D eigenvalue weighted by molar-refractivity contribution is 6.01. The van der Waals surface area contributed by atoms with Gasteiger partial charge >= 0.3 is 5.97 Å². The number of aromatic carboxylic acids is 1. The van der Waals surface area contributed by atoms with Crippen molar-refractivity contribution in [3.05, 3.63) is 29.6 Å². The molecule has 1 amide bonds. The summed E-state index contributed by atoms with van der Waals surface area (Å²) in [5.74, 6) is -0.567. The summed E-state index contributed by atoms with van der Waals surface area (Å²) in [6, 6.07) is 4.40. The summed E-state index contributed by atoms with van der Waals surface area (Å²) in [4.78, 5) is 27.7. The Morgan fingerprint density at radius 1 is 1.45 bits per heavy atom. The van der Waals surface area contributed by atoms with Gasteiger partial charge in [-0.25, -0.2) is 9.78 Å². The lowest BCUT2D eigenvalue weighted by Gasteiger charge is -2.16. The van der Waals surface area contributed by atoms with Crippen LogP contribution in [-0.2, 0) is 4.79 Å². The molecule has 0 radical (unpaired) electrons. The average Bonchev–Trinajstić information content (AvgIpc) is 2.73. The third kappa shape index (κ3) is 2.24. The normalized spacial score (nSPS) is 12.3. The largest absolute Gasteiger partial charge is 0.478 e. The van der Waals surface area contributed by atoms with Crippen molar-refractivity contribution in [1.82, 2.24) is 14.9 Å². The van der Waals surface area contributed by atoms with Crippen LogP contribution < -0.4 is 5.32 Å². The average molecular weight is 275 g/mol. The number of nitrogens with zero attached hydrogens (tertiary/aromatic N) is 2. The van der Waals surface area contributed by atoms with Crippen LogP contribution in [-0.4, -0.2) is 33.1 Å². The Balaban J connectivity index is 2.66. The SMILES string of the molecule is CCNC(=O)C(C)n1c(C)nc2cccc(C(=O)O)c21. The molecule has 2 rings (SSSR count). The van der Waals surface area contributed by atoms with Gasteiger partial charge in [-0.1, -0.05) is 6.07 Å². The van der Waals surface area contributed by atoms with E-state index in [9.17, 15) is 14.7 Å². The Bertz CT molecular complexity index is 676. The molecule has 1 unspecified atom stereocenters. The number of aromatic nitrogens is 2. The molecule has 1 aromatic carbocycles. The van der Waals surface area contributed by atoms with E-state index in [2.05, 4.69) is 10.3 Å². The number of hydrogen-bond acceptors (Lipinski definition) is 3. The van der Waals surface area contributed by atoms with Gasteiger partial charge in [0.15, 0.2) is 0 Å². The number of benzene rings is 1. The third-order valence-corrected chi connectivity index (χ3v) is 3.23. The van der Waals surface area contributed by atoms with Crippen LogP contribution in [0.5, 0.6) is 0 Å². The summed E-state index contributed by atoms with van der Waals surface area (Å²) >= 11 is 0. The molecule has 0 saturated carbocycles.